The Bertz CT molecular complexity index is 868. The molecule has 0 aromatic heterocycles. The number of hydrogen-bond donors (Lipinski definition) is 1. The molecule has 2 rings (SSSR count). The summed E-state index contributed by atoms with van der Waals surface area (Å²) in [6, 6.07) is 10.8. The molecule has 0 spiro atoms. The zero-order valence-corrected chi connectivity index (χ0v) is 22.0. The zero-order valence-electron chi connectivity index (χ0n) is 18.1. The molecule has 0 unspecified atom stereocenters. The van der Waals surface area contributed by atoms with E-state index in [0.717, 1.165) is 37.0 Å². The minimum Gasteiger partial charge on any atom is -0.872 e. The van der Waals surface area contributed by atoms with Crippen LogP contribution in [0, 0.1) is 0 Å². The number of aryl methyl sites for hydroxylation is 1. The molecule has 2 aromatic rings. The predicted molar refractivity (Wildman–Crippen MR) is 113 cm³/mol. The quantitative estimate of drug-likeness (QED) is 0.283. The van der Waals surface area contributed by atoms with Gasteiger partial charge in [0.05, 0.1) is 4.90 Å². The van der Waals surface area contributed by atoms with E-state index in [1.165, 1.54) is 51.0 Å². The van der Waals surface area contributed by atoms with Gasteiger partial charge < -0.3 is 9.84 Å². The molecule has 0 aliphatic carbocycles. The Hall–Kier alpha value is -0.414. The molecule has 0 aliphatic heterocycles. The zero-order chi connectivity index (χ0) is 21.1. The van der Waals surface area contributed by atoms with E-state index in [-0.39, 0.29) is 57.1 Å². The smallest absolute Gasteiger partial charge is 0.872 e. The van der Waals surface area contributed by atoms with Crippen molar-refractivity contribution >= 4 is 10.1 Å². The number of unbranched alkanes of at least 4 members (excludes halogenated alkanes) is 8. The van der Waals surface area contributed by atoms with Crippen LogP contribution in [0.4, 0.5) is 0 Å². The Labute approximate surface area is 223 Å². The molecule has 1 N–H and O–H groups in total. The van der Waals surface area contributed by atoms with Crippen molar-refractivity contribution in [3.8, 4) is 17.2 Å². The van der Waals surface area contributed by atoms with Crippen LogP contribution in [-0.4, -0.2) is 13.0 Å². The first kappa shape index (κ1) is 27.6. The van der Waals surface area contributed by atoms with Gasteiger partial charge in [0, 0.05) is 6.07 Å². The Morgan fingerprint density at radius 1 is 0.900 bits per heavy atom. The second-order valence-corrected chi connectivity index (χ2v) is 8.82. The van der Waals surface area contributed by atoms with Crippen molar-refractivity contribution in [2.75, 3.05) is 0 Å². The van der Waals surface area contributed by atoms with Crippen molar-refractivity contribution < 1.29 is 74.2 Å². The van der Waals surface area contributed by atoms with Gasteiger partial charge >= 0.3 is 51.4 Å². The summed E-state index contributed by atoms with van der Waals surface area (Å²) in [5.74, 6) is 0.162. The van der Waals surface area contributed by atoms with Crippen molar-refractivity contribution in [1.29, 1.82) is 0 Å². The maximum atomic E-state index is 11.7. The van der Waals surface area contributed by atoms with Gasteiger partial charge in [0.25, 0.3) is 10.1 Å². The fraction of sp³-hybridized carbons (Fsp3) is 0.478. The minimum absolute atomic E-state index is 0. The fourth-order valence-corrected chi connectivity index (χ4v) is 3.85. The molecule has 0 bridgehead atoms. The average molecular weight is 459 g/mol. The topological polar surface area (TPSA) is 86.7 Å². The third-order valence-corrected chi connectivity index (χ3v) is 5.73. The first-order chi connectivity index (χ1) is 13.9. The molecule has 0 aliphatic rings. The van der Waals surface area contributed by atoms with Crippen LogP contribution in [0.5, 0.6) is 17.2 Å². The monoisotopic (exact) mass is 458 g/mol. The molecule has 0 radical (unpaired) electrons. The second kappa shape index (κ2) is 14.6. The van der Waals surface area contributed by atoms with Gasteiger partial charge in [-0.25, -0.2) is 0 Å². The molecule has 5 nitrogen and oxygen atoms in total. The number of para-hydroxylation sites is 1. The molecular formula is C23H31KO5S. The first-order valence-electron chi connectivity index (χ1n) is 10.5. The SMILES string of the molecule is CCCCCCCCCCCc1ccccc1Oc1cc([O-])cc(S(=O)(=O)O)c1.[K+]. The van der Waals surface area contributed by atoms with Gasteiger partial charge in [-0.1, -0.05) is 76.5 Å². The maximum absolute atomic E-state index is 11.7. The minimum atomic E-state index is -4.46. The van der Waals surface area contributed by atoms with E-state index in [4.69, 9.17) is 4.74 Å². The maximum Gasteiger partial charge on any atom is 1.00 e. The third kappa shape index (κ3) is 10.3. The molecule has 7 heteroatoms. The van der Waals surface area contributed by atoms with Gasteiger partial charge in [-0.15, -0.1) is 5.75 Å². The summed E-state index contributed by atoms with van der Waals surface area (Å²) in [7, 11) is -4.46. The molecule has 0 atom stereocenters. The summed E-state index contributed by atoms with van der Waals surface area (Å²) in [5.41, 5.74) is 1.01. The van der Waals surface area contributed by atoms with Crippen molar-refractivity contribution in [3.05, 3.63) is 48.0 Å². The molecule has 0 amide bonds. The van der Waals surface area contributed by atoms with Crippen LogP contribution in [0.25, 0.3) is 0 Å². The molecule has 160 valence electrons. The van der Waals surface area contributed by atoms with Gasteiger partial charge in [0.15, 0.2) is 0 Å². The molecule has 2 aromatic carbocycles. The number of rotatable bonds is 13. The normalized spacial score (nSPS) is 11.1. The predicted octanol–water partition coefficient (Wildman–Crippen LogP) is 2.88. The Balaban J connectivity index is 0.00000450. The summed E-state index contributed by atoms with van der Waals surface area (Å²) in [6.07, 6.45) is 12.1. The van der Waals surface area contributed by atoms with E-state index in [2.05, 4.69) is 6.92 Å². The first-order valence-corrected chi connectivity index (χ1v) is 11.9. The van der Waals surface area contributed by atoms with Crippen molar-refractivity contribution in [1.82, 2.24) is 0 Å². The number of ether oxygens (including phenoxy) is 1. The standard InChI is InChI=1S/C23H32O5S.K/c1-2-3-4-5-6-7-8-9-10-13-19-14-11-12-15-23(19)28-21-16-20(24)17-22(18-21)29(25,26)27;/h11-12,14-18,24H,2-10,13H2,1H3,(H,25,26,27);/q;+1/p-1. The molecule has 0 heterocycles. The van der Waals surface area contributed by atoms with Gasteiger partial charge in [0.2, 0.25) is 0 Å². The van der Waals surface area contributed by atoms with Crippen LogP contribution in [0.3, 0.4) is 0 Å². The van der Waals surface area contributed by atoms with Crippen LogP contribution in [0.1, 0.15) is 70.3 Å². The summed E-state index contributed by atoms with van der Waals surface area (Å²) in [6.45, 7) is 2.23. The van der Waals surface area contributed by atoms with E-state index in [9.17, 15) is 18.1 Å². The van der Waals surface area contributed by atoms with Gasteiger partial charge in [0.1, 0.15) is 11.5 Å². The van der Waals surface area contributed by atoms with Crippen LogP contribution in [0.2, 0.25) is 0 Å². The van der Waals surface area contributed by atoms with Crippen molar-refractivity contribution in [2.24, 2.45) is 0 Å². The van der Waals surface area contributed by atoms with Crippen molar-refractivity contribution in [2.45, 2.75) is 76.0 Å². The average Bonchev–Trinajstić information content (AvgIpc) is 2.67. The van der Waals surface area contributed by atoms with E-state index in [1.807, 2.05) is 18.2 Å². The van der Waals surface area contributed by atoms with Gasteiger partial charge in [-0.05, 0) is 36.6 Å². The molecule has 30 heavy (non-hydrogen) atoms. The largest absolute Gasteiger partial charge is 1.00 e. The Morgan fingerprint density at radius 2 is 1.50 bits per heavy atom. The van der Waals surface area contributed by atoms with Crippen molar-refractivity contribution in [3.63, 3.8) is 0 Å². The number of hydrogen-bond acceptors (Lipinski definition) is 4. The van der Waals surface area contributed by atoms with Crippen LogP contribution < -0.4 is 61.2 Å². The van der Waals surface area contributed by atoms with E-state index >= 15 is 0 Å². The fourth-order valence-electron chi connectivity index (χ4n) is 3.32. The summed E-state index contributed by atoms with van der Waals surface area (Å²) in [5, 5.41) is 11.7. The van der Waals surface area contributed by atoms with Gasteiger partial charge in [-0.2, -0.15) is 8.42 Å². The third-order valence-electron chi connectivity index (χ3n) is 4.90. The molecule has 0 saturated heterocycles. The Morgan fingerprint density at radius 3 is 2.13 bits per heavy atom. The molecule has 0 fully saturated rings. The molecule has 0 saturated carbocycles. The summed E-state index contributed by atoms with van der Waals surface area (Å²) >= 11 is 0. The van der Waals surface area contributed by atoms with E-state index in [0.29, 0.717) is 5.75 Å². The van der Waals surface area contributed by atoms with E-state index in [1.54, 1.807) is 6.07 Å². The van der Waals surface area contributed by atoms with Crippen LogP contribution >= 0.6 is 0 Å². The van der Waals surface area contributed by atoms with E-state index < -0.39 is 20.8 Å². The van der Waals surface area contributed by atoms with Gasteiger partial charge in [-0.3, -0.25) is 4.55 Å². The van der Waals surface area contributed by atoms with Crippen LogP contribution in [-0.2, 0) is 16.5 Å². The Kier molecular flexibility index (Phi) is 13.5. The molecular weight excluding hydrogens is 427 g/mol. The summed E-state index contributed by atoms with van der Waals surface area (Å²) < 4.78 is 37.6. The number of benzene rings is 2. The summed E-state index contributed by atoms with van der Waals surface area (Å²) in [4.78, 5) is -0.462. The van der Waals surface area contributed by atoms with Crippen LogP contribution in [0.15, 0.2) is 47.4 Å². The second-order valence-electron chi connectivity index (χ2n) is 7.40.